The zero-order chi connectivity index (χ0) is 24.2. The third-order valence-electron chi connectivity index (χ3n) is 5.32. The maximum atomic E-state index is 13.4. The van der Waals surface area contributed by atoms with E-state index in [0.29, 0.717) is 17.3 Å². The number of nitrogens with zero attached hydrogens (tertiary/aromatic N) is 3. The number of carbonyl (C=O) groups is 1. The quantitative estimate of drug-likeness (QED) is 0.401. The number of fused-ring (bicyclic) bond motifs is 1. The normalized spacial score (nSPS) is 15.8. The van der Waals surface area contributed by atoms with Gasteiger partial charge in [-0.05, 0) is 55.7 Å². The molecule has 0 bridgehead atoms. The van der Waals surface area contributed by atoms with Crippen LogP contribution in [0, 0.1) is 18.3 Å². The summed E-state index contributed by atoms with van der Waals surface area (Å²) >= 11 is 12.2. The van der Waals surface area contributed by atoms with Crippen LogP contribution in [0.4, 0.5) is 0 Å². The van der Waals surface area contributed by atoms with Gasteiger partial charge < -0.3 is 14.8 Å². The van der Waals surface area contributed by atoms with Crippen molar-refractivity contribution in [3.63, 3.8) is 0 Å². The summed E-state index contributed by atoms with van der Waals surface area (Å²) in [7, 11) is 0. The van der Waals surface area contributed by atoms with Gasteiger partial charge in [-0.3, -0.25) is 14.0 Å². The first-order valence-electron chi connectivity index (χ1n) is 10.5. The van der Waals surface area contributed by atoms with Crippen LogP contribution in [0.25, 0.3) is 11.7 Å². The summed E-state index contributed by atoms with van der Waals surface area (Å²) in [6.45, 7) is 2.72. The Balaban J connectivity index is 1.78. The summed E-state index contributed by atoms with van der Waals surface area (Å²) < 4.78 is 12.7. The predicted octanol–water partition coefficient (Wildman–Crippen LogP) is 4.30. The lowest BCUT2D eigenvalue weighted by molar-refractivity contribution is -0.117. The van der Waals surface area contributed by atoms with Gasteiger partial charge in [0.15, 0.2) is 0 Å². The summed E-state index contributed by atoms with van der Waals surface area (Å²) in [5, 5.41) is 12.9. The van der Waals surface area contributed by atoms with Crippen LogP contribution in [0.5, 0.6) is 11.6 Å². The molecule has 1 aliphatic rings. The van der Waals surface area contributed by atoms with E-state index in [1.165, 1.54) is 16.5 Å². The minimum Gasteiger partial charge on any atom is -0.437 e. The van der Waals surface area contributed by atoms with Crippen molar-refractivity contribution in [1.29, 1.82) is 5.26 Å². The first-order valence-corrected chi connectivity index (χ1v) is 11.3. The molecule has 34 heavy (non-hydrogen) atoms. The Bertz CT molecular complexity index is 1390. The molecule has 1 unspecified atom stereocenters. The van der Waals surface area contributed by atoms with Gasteiger partial charge in [0.2, 0.25) is 5.88 Å². The zero-order valence-corrected chi connectivity index (χ0v) is 19.7. The molecule has 1 fully saturated rings. The molecule has 1 N–H and O–H groups in total. The number of pyridine rings is 1. The molecule has 0 aliphatic carbocycles. The van der Waals surface area contributed by atoms with E-state index in [-0.39, 0.29) is 40.4 Å². The molecule has 10 heteroatoms. The van der Waals surface area contributed by atoms with Gasteiger partial charge in [0, 0.05) is 24.4 Å². The molecule has 1 aliphatic heterocycles. The van der Waals surface area contributed by atoms with Crippen LogP contribution in [0.3, 0.4) is 0 Å². The maximum Gasteiger partial charge on any atom is 0.269 e. The molecule has 3 heterocycles. The Kier molecular flexibility index (Phi) is 7.17. The molecule has 1 aromatic carbocycles. The monoisotopic (exact) mass is 498 g/mol. The number of halogens is 2. The van der Waals surface area contributed by atoms with Crippen LogP contribution in [-0.4, -0.2) is 34.5 Å². The lowest BCUT2D eigenvalue weighted by Crippen LogP contribution is -2.32. The van der Waals surface area contributed by atoms with Crippen molar-refractivity contribution in [2.24, 2.45) is 0 Å². The van der Waals surface area contributed by atoms with Crippen molar-refractivity contribution in [1.82, 2.24) is 14.7 Å². The van der Waals surface area contributed by atoms with Crippen molar-refractivity contribution < 1.29 is 14.3 Å². The largest absolute Gasteiger partial charge is 0.437 e. The number of rotatable bonds is 6. The lowest BCUT2D eigenvalue weighted by atomic mass is 10.1. The second-order valence-electron chi connectivity index (χ2n) is 7.71. The smallest absolute Gasteiger partial charge is 0.269 e. The third kappa shape index (κ3) is 5.07. The number of hydrogen-bond donors (Lipinski definition) is 1. The third-order valence-corrected chi connectivity index (χ3v) is 5.85. The van der Waals surface area contributed by atoms with Crippen LogP contribution in [0.1, 0.15) is 24.0 Å². The molecule has 2 aromatic heterocycles. The van der Waals surface area contributed by atoms with Gasteiger partial charge in [0.1, 0.15) is 28.6 Å². The number of nitrogens with one attached hydrogen (secondary N) is 1. The summed E-state index contributed by atoms with van der Waals surface area (Å²) in [6.07, 6.45) is 4.40. The van der Waals surface area contributed by atoms with Crippen molar-refractivity contribution in [2.45, 2.75) is 25.9 Å². The molecule has 1 atom stereocenters. The highest BCUT2D eigenvalue weighted by Gasteiger charge is 2.21. The van der Waals surface area contributed by atoms with E-state index in [9.17, 15) is 14.9 Å². The number of aromatic nitrogens is 2. The van der Waals surface area contributed by atoms with Gasteiger partial charge in [-0.1, -0.05) is 29.3 Å². The van der Waals surface area contributed by atoms with E-state index in [0.717, 1.165) is 18.4 Å². The molecule has 0 spiro atoms. The van der Waals surface area contributed by atoms with Gasteiger partial charge >= 0.3 is 0 Å². The Morgan fingerprint density at radius 2 is 2.24 bits per heavy atom. The Hall–Kier alpha value is -3.38. The number of nitriles is 1. The first-order chi connectivity index (χ1) is 16.4. The molecule has 174 valence electrons. The Morgan fingerprint density at radius 1 is 1.41 bits per heavy atom. The number of carbonyl (C=O) groups excluding carboxylic acids is 1. The SMILES string of the molecule is Cc1cccn2c(=O)c(/C=C(\C#N)C(=O)NCC3CCCO3)c(Oc3ccc(Cl)cc3Cl)nc12. The average Bonchev–Trinajstić information content (AvgIpc) is 3.34. The van der Waals surface area contributed by atoms with Gasteiger partial charge in [-0.2, -0.15) is 10.2 Å². The van der Waals surface area contributed by atoms with Crippen LogP contribution in [0.15, 0.2) is 46.9 Å². The van der Waals surface area contributed by atoms with Crippen molar-refractivity contribution in [2.75, 3.05) is 13.2 Å². The van der Waals surface area contributed by atoms with E-state index < -0.39 is 11.5 Å². The highest BCUT2D eigenvalue weighted by molar-refractivity contribution is 6.35. The molecule has 0 saturated carbocycles. The molecule has 0 radical (unpaired) electrons. The van der Waals surface area contributed by atoms with Crippen molar-refractivity contribution in [3.8, 4) is 17.7 Å². The number of hydrogen-bond acceptors (Lipinski definition) is 6. The fourth-order valence-electron chi connectivity index (χ4n) is 3.56. The molecule has 1 saturated heterocycles. The molecule has 1 amide bonds. The Morgan fingerprint density at radius 3 is 2.94 bits per heavy atom. The highest BCUT2D eigenvalue weighted by atomic mass is 35.5. The fourth-order valence-corrected chi connectivity index (χ4v) is 4.00. The predicted molar refractivity (Wildman–Crippen MR) is 128 cm³/mol. The van der Waals surface area contributed by atoms with Crippen LogP contribution >= 0.6 is 23.2 Å². The summed E-state index contributed by atoms with van der Waals surface area (Å²) in [5.74, 6) is -0.502. The summed E-state index contributed by atoms with van der Waals surface area (Å²) in [6, 6.07) is 9.97. The van der Waals surface area contributed by atoms with E-state index in [2.05, 4.69) is 10.3 Å². The van der Waals surface area contributed by atoms with Gasteiger partial charge in [-0.15, -0.1) is 0 Å². The second-order valence-corrected chi connectivity index (χ2v) is 8.56. The number of amides is 1. The minimum atomic E-state index is -0.623. The molecular weight excluding hydrogens is 479 g/mol. The zero-order valence-electron chi connectivity index (χ0n) is 18.2. The first kappa shape index (κ1) is 23.8. The summed E-state index contributed by atoms with van der Waals surface area (Å²) in [4.78, 5) is 30.5. The van der Waals surface area contributed by atoms with E-state index >= 15 is 0 Å². The lowest BCUT2D eigenvalue weighted by Gasteiger charge is -2.13. The van der Waals surface area contributed by atoms with Crippen LogP contribution in [0.2, 0.25) is 10.0 Å². The van der Waals surface area contributed by atoms with Gasteiger partial charge in [-0.25, -0.2) is 0 Å². The van der Waals surface area contributed by atoms with Gasteiger partial charge in [0.25, 0.3) is 11.5 Å². The Labute approximate surface area is 205 Å². The maximum absolute atomic E-state index is 13.4. The summed E-state index contributed by atoms with van der Waals surface area (Å²) in [5.41, 5.74) is 0.256. The van der Waals surface area contributed by atoms with E-state index in [1.807, 2.05) is 6.07 Å². The standard InChI is InChI=1S/C24H20Cl2N4O4/c1-14-4-2-8-30-21(14)29-23(34-20-7-6-16(25)11-19(20)26)18(24(30)32)10-15(12-27)22(31)28-13-17-5-3-9-33-17/h2,4,6-8,10-11,17H,3,5,9,13H2,1H3,(H,28,31)/b15-10+. The van der Waals surface area contributed by atoms with E-state index in [1.54, 1.807) is 37.4 Å². The molecule has 4 rings (SSSR count). The molecule has 3 aromatic rings. The van der Waals surface area contributed by atoms with Crippen molar-refractivity contribution in [3.05, 3.63) is 73.6 Å². The second kappa shape index (κ2) is 10.3. The number of ether oxygens (including phenoxy) is 2. The average molecular weight is 499 g/mol. The van der Waals surface area contributed by atoms with Crippen LogP contribution < -0.4 is 15.6 Å². The number of aryl methyl sites for hydroxylation is 1. The van der Waals surface area contributed by atoms with Crippen LogP contribution in [-0.2, 0) is 9.53 Å². The van der Waals surface area contributed by atoms with E-state index in [4.69, 9.17) is 32.7 Å². The highest BCUT2D eigenvalue weighted by Crippen LogP contribution is 2.32. The fraction of sp³-hybridized carbons (Fsp3) is 0.250. The van der Waals surface area contributed by atoms with Crippen molar-refractivity contribution >= 4 is 40.8 Å². The topological polar surface area (TPSA) is 106 Å². The molecule has 8 nitrogen and oxygen atoms in total. The minimum absolute atomic E-state index is 0.0714. The number of benzene rings is 1. The van der Waals surface area contributed by atoms with Gasteiger partial charge in [0.05, 0.1) is 11.1 Å². The molecular formula is C24H20Cl2N4O4.